The van der Waals surface area contributed by atoms with Crippen LogP contribution in [0, 0.1) is 5.92 Å². The Morgan fingerprint density at radius 1 is 0.783 bits per heavy atom. The maximum atomic E-state index is 6.11. The van der Waals surface area contributed by atoms with Crippen LogP contribution >= 0.6 is 0 Å². The quantitative estimate of drug-likeness (QED) is 0.718. The molecule has 2 atom stereocenters. The van der Waals surface area contributed by atoms with Gasteiger partial charge >= 0.3 is 0 Å². The van der Waals surface area contributed by atoms with Gasteiger partial charge in [0.2, 0.25) is 0 Å². The van der Waals surface area contributed by atoms with Crippen molar-refractivity contribution >= 4 is 0 Å². The molecule has 1 aliphatic rings. The van der Waals surface area contributed by atoms with Crippen molar-refractivity contribution in [1.29, 1.82) is 0 Å². The molecule has 0 aliphatic heterocycles. The molecule has 1 saturated carbocycles. The van der Waals surface area contributed by atoms with Crippen LogP contribution in [0.4, 0.5) is 0 Å². The summed E-state index contributed by atoms with van der Waals surface area (Å²) in [6.45, 7) is 2.29. The second kappa shape index (κ2) is 8.85. The van der Waals surface area contributed by atoms with Crippen LogP contribution in [-0.4, -0.2) is 12.7 Å². The Hall–Kier alpha value is -1.64. The molecule has 3 rings (SSSR count). The van der Waals surface area contributed by atoms with Crippen molar-refractivity contribution in [3.8, 4) is 0 Å². The van der Waals surface area contributed by atoms with Gasteiger partial charge in [-0.25, -0.2) is 0 Å². The molecular weight excluding hydrogens is 284 g/mol. The number of ether oxygens (including phenoxy) is 2. The fourth-order valence-electron chi connectivity index (χ4n) is 3.25. The zero-order chi connectivity index (χ0) is 15.7. The van der Waals surface area contributed by atoms with E-state index in [4.69, 9.17) is 9.47 Å². The molecule has 2 nitrogen and oxygen atoms in total. The largest absolute Gasteiger partial charge is 0.376 e. The molecule has 0 N–H and O–H groups in total. The molecule has 2 aromatic carbocycles. The zero-order valence-electron chi connectivity index (χ0n) is 13.7. The van der Waals surface area contributed by atoms with E-state index >= 15 is 0 Å². The highest BCUT2D eigenvalue weighted by atomic mass is 16.5. The van der Waals surface area contributed by atoms with Gasteiger partial charge in [-0.2, -0.15) is 0 Å². The maximum Gasteiger partial charge on any atom is 0.0720 e. The minimum atomic E-state index is 0.384. The molecular formula is C21H26O2. The highest BCUT2D eigenvalue weighted by Gasteiger charge is 2.22. The third-order valence-corrected chi connectivity index (χ3v) is 4.53. The molecule has 23 heavy (non-hydrogen) atoms. The summed E-state index contributed by atoms with van der Waals surface area (Å²) in [7, 11) is 0. The van der Waals surface area contributed by atoms with Gasteiger partial charge in [0, 0.05) is 6.61 Å². The summed E-state index contributed by atoms with van der Waals surface area (Å²) in [5, 5.41) is 0. The van der Waals surface area contributed by atoms with E-state index in [-0.39, 0.29) is 0 Å². The first-order valence-corrected chi connectivity index (χ1v) is 8.67. The van der Waals surface area contributed by atoms with Crippen LogP contribution in [0.15, 0.2) is 60.7 Å². The second-order valence-electron chi connectivity index (χ2n) is 6.45. The molecule has 0 amide bonds. The van der Waals surface area contributed by atoms with E-state index < -0.39 is 0 Å². The number of benzene rings is 2. The summed E-state index contributed by atoms with van der Waals surface area (Å²) >= 11 is 0. The van der Waals surface area contributed by atoms with Crippen LogP contribution < -0.4 is 0 Å². The standard InChI is InChI=1S/C21H26O2/c1-3-8-18(9-4-1)15-22-16-20-12-7-13-21(14-20)23-17-19-10-5-2-6-11-19/h1-6,8-11,20-21H,7,12-17H2/t20?,21-/m1/s1. The van der Waals surface area contributed by atoms with Gasteiger partial charge < -0.3 is 9.47 Å². The fraction of sp³-hybridized carbons (Fsp3) is 0.429. The smallest absolute Gasteiger partial charge is 0.0720 e. The Kier molecular flexibility index (Phi) is 6.25. The number of rotatable bonds is 7. The molecule has 1 unspecified atom stereocenters. The lowest BCUT2D eigenvalue weighted by Gasteiger charge is -2.29. The Bertz CT molecular complexity index is 553. The van der Waals surface area contributed by atoms with Gasteiger partial charge in [-0.15, -0.1) is 0 Å². The Balaban J connectivity index is 1.38. The summed E-state index contributed by atoms with van der Waals surface area (Å²) in [6.07, 6.45) is 5.21. The molecule has 122 valence electrons. The van der Waals surface area contributed by atoms with Crippen molar-refractivity contribution < 1.29 is 9.47 Å². The zero-order valence-corrected chi connectivity index (χ0v) is 13.7. The van der Waals surface area contributed by atoms with Crippen LogP contribution in [0.5, 0.6) is 0 Å². The maximum absolute atomic E-state index is 6.11. The van der Waals surface area contributed by atoms with E-state index in [1.807, 2.05) is 12.1 Å². The summed E-state index contributed by atoms with van der Waals surface area (Å²) in [5.41, 5.74) is 2.51. The Morgan fingerprint density at radius 2 is 1.43 bits per heavy atom. The van der Waals surface area contributed by atoms with E-state index in [0.717, 1.165) is 19.6 Å². The predicted octanol–water partition coefficient (Wildman–Crippen LogP) is 4.98. The summed E-state index contributed by atoms with van der Waals surface area (Å²) in [5.74, 6) is 0.633. The molecule has 0 saturated heterocycles. The van der Waals surface area contributed by atoms with Crippen molar-refractivity contribution in [2.45, 2.75) is 45.0 Å². The molecule has 0 bridgehead atoms. The molecule has 0 spiro atoms. The van der Waals surface area contributed by atoms with Crippen molar-refractivity contribution in [2.75, 3.05) is 6.61 Å². The van der Waals surface area contributed by atoms with Gasteiger partial charge in [-0.1, -0.05) is 67.1 Å². The van der Waals surface area contributed by atoms with Crippen molar-refractivity contribution in [3.05, 3.63) is 71.8 Å². The molecule has 1 fully saturated rings. The molecule has 0 aromatic heterocycles. The summed E-state index contributed by atoms with van der Waals surface area (Å²) in [6, 6.07) is 20.8. The van der Waals surface area contributed by atoms with Crippen molar-refractivity contribution in [3.63, 3.8) is 0 Å². The van der Waals surface area contributed by atoms with Crippen LogP contribution in [0.3, 0.4) is 0 Å². The minimum Gasteiger partial charge on any atom is -0.376 e. The fourth-order valence-corrected chi connectivity index (χ4v) is 3.25. The first-order chi connectivity index (χ1) is 11.4. The average Bonchev–Trinajstić information content (AvgIpc) is 2.62. The van der Waals surface area contributed by atoms with E-state index in [0.29, 0.717) is 18.6 Å². The Labute approximate surface area is 139 Å². The predicted molar refractivity (Wildman–Crippen MR) is 93.1 cm³/mol. The van der Waals surface area contributed by atoms with Gasteiger partial charge in [-0.3, -0.25) is 0 Å². The highest BCUT2D eigenvalue weighted by Crippen LogP contribution is 2.27. The Morgan fingerprint density at radius 3 is 2.13 bits per heavy atom. The minimum absolute atomic E-state index is 0.384. The lowest BCUT2D eigenvalue weighted by molar-refractivity contribution is -0.0176. The van der Waals surface area contributed by atoms with Crippen LogP contribution in [0.2, 0.25) is 0 Å². The first-order valence-electron chi connectivity index (χ1n) is 8.67. The molecule has 1 aliphatic carbocycles. The van der Waals surface area contributed by atoms with Crippen molar-refractivity contribution in [2.24, 2.45) is 5.92 Å². The van der Waals surface area contributed by atoms with E-state index in [1.165, 1.54) is 30.4 Å². The van der Waals surface area contributed by atoms with Crippen LogP contribution in [0.25, 0.3) is 0 Å². The molecule has 2 aromatic rings. The topological polar surface area (TPSA) is 18.5 Å². The second-order valence-corrected chi connectivity index (χ2v) is 6.45. The third-order valence-electron chi connectivity index (χ3n) is 4.53. The monoisotopic (exact) mass is 310 g/mol. The van der Waals surface area contributed by atoms with Gasteiger partial charge in [-0.05, 0) is 36.3 Å². The molecule has 0 radical (unpaired) electrons. The van der Waals surface area contributed by atoms with E-state index in [1.54, 1.807) is 0 Å². The van der Waals surface area contributed by atoms with Gasteiger partial charge in [0.05, 0.1) is 19.3 Å². The van der Waals surface area contributed by atoms with Gasteiger partial charge in [0.25, 0.3) is 0 Å². The van der Waals surface area contributed by atoms with E-state index in [9.17, 15) is 0 Å². The first kappa shape index (κ1) is 16.2. The summed E-state index contributed by atoms with van der Waals surface area (Å²) in [4.78, 5) is 0. The average molecular weight is 310 g/mol. The van der Waals surface area contributed by atoms with Crippen molar-refractivity contribution in [1.82, 2.24) is 0 Å². The lowest BCUT2D eigenvalue weighted by Crippen LogP contribution is -2.25. The van der Waals surface area contributed by atoms with E-state index in [2.05, 4.69) is 48.5 Å². The normalized spacial score (nSPS) is 21.2. The highest BCUT2D eigenvalue weighted by molar-refractivity contribution is 5.14. The third kappa shape index (κ3) is 5.49. The van der Waals surface area contributed by atoms with Crippen LogP contribution in [-0.2, 0) is 22.7 Å². The number of hydrogen-bond donors (Lipinski definition) is 0. The van der Waals surface area contributed by atoms with Crippen LogP contribution in [0.1, 0.15) is 36.8 Å². The molecule has 0 heterocycles. The van der Waals surface area contributed by atoms with Gasteiger partial charge in [0.15, 0.2) is 0 Å². The molecule has 2 heteroatoms. The summed E-state index contributed by atoms with van der Waals surface area (Å²) < 4.78 is 12.0. The SMILES string of the molecule is c1ccc(COCC2CCC[C@@H](OCc3ccccc3)C2)cc1. The number of hydrogen-bond acceptors (Lipinski definition) is 2. The van der Waals surface area contributed by atoms with Gasteiger partial charge in [0.1, 0.15) is 0 Å². The lowest BCUT2D eigenvalue weighted by atomic mass is 9.88.